The van der Waals surface area contributed by atoms with Gasteiger partial charge >= 0.3 is 0 Å². The van der Waals surface area contributed by atoms with E-state index in [2.05, 4.69) is 25.7 Å². The molecule has 0 aliphatic heterocycles. The van der Waals surface area contributed by atoms with Gasteiger partial charge in [-0.2, -0.15) is 15.0 Å². The molecule has 0 unspecified atom stereocenters. The van der Waals surface area contributed by atoms with Crippen LogP contribution in [-0.2, 0) is 6.54 Å². The van der Waals surface area contributed by atoms with Crippen molar-refractivity contribution in [2.24, 2.45) is 5.84 Å². The maximum atomic E-state index is 5.36. The van der Waals surface area contributed by atoms with Crippen LogP contribution >= 0.6 is 0 Å². The molecule has 0 aliphatic carbocycles. The highest BCUT2D eigenvalue weighted by molar-refractivity contribution is 5.42. The quantitative estimate of drug-likeness (QED) is 0.531. The lowest BCUT2D eigenvalue weighted by molar-refractivity contribution is 0.414. The van der Waals surface area contributed by atoms with Crippen molar-refractivity contribution in [3.63, 3.8) is 0 Å². The van der Waals surface area contributed by atoms with Gasteiger partial charge in [0.1, 0.15) is 5.75 Å². The first-order valence-corrected chi connectivity index (χ1v) is 6.39. The van der Waals surface area contributed by atoms with E-state index in [1.165, 1.54) is 0 Å². The van der Waals surface area contributed by atoms with Gasteiger partial charge in [0.05, 0.1) is 7.11 Å². The second-order valence-corrected chi connectivity index (χ2v) is 4.52. The topological polar surface area (TPSA) is 101 Å². The number of nitrogens with zero attached hydrogens (tertiary/aromatic N) is 4. The third kappa shape index (κ3) is 3.93. The van der Waals surface area contributed by atoms with Gasteiger partial charge in [-0.1, -0.05) is 12.1 Å². The Kier molecular flexibility index (Phi) is 4.72. The second-order valence-electron chi connectivity index (χ2n) is 4.52. The van der Waals surface area contributed by atoms with Gasteiger partial charge in [-0.15, -0.1) is 0 Å². The molecule has 2 aromatic rings. The van der Waals surface area contributed by atoms with Crippen molar-refractivity contribution in [3.8, 4) is 5.75 Å². The first-order valence-electron chi connectivity index (χ1n) is 6.39. The van der Waals surface area contributed by atoms with E-state index in [1.807, 2.05) is 38.4 Å². The van der Waals surface area contributed by atoms with Gasteiger partial charge in [-0.25, -0.2) is 5.84 Å². The lowest BCUT2D eigenvalue weighted by atomic mass is 10.2. The fraction of sp³-hybridized carbons (Fsp3) is 0.308. The number of hydrogen-bond donors (Lipinski definition) is 3. The van der Waals surface area contributed by atoms with Crippen LogP contribution < -0.4 is 26.2 Å². The Morgan fingerprint density at radius 3 is 2.33 bits per heavy atom. The normalized spacial score (nSPS) is 10.1. The fourth-order valence-corrected chi connectivity index (χ4v) is 1.63. The number of nitrogens with one attached hydrogen (secondary N) is 2. The number of nitrogen functional groups attached to an aromatic ring is 1. The molecule has 1 aromatic carbocycles. The van der Waals surface area contributed by atoms with E-state index in [0.29, 0.717) is 24.4 Å². The SMILES string of the molecule is COc1ccc(CNc2nc(NN)nc(N(C)C)n2)cc1. The first-order chi connectivity index (χ1) is 10.1. The molecule has 0 saturated heterocycles. The molecule has 0 bridgehead atoms. The average molecular weight is 289 g/mol. The standard InChI is InChI=1S/C13H19N7O/c1-20(2)13-17-11(16-12(18-13)19-14)15-8-9-4-6-10(21-3)7-5-9/h4-7H,8,14H2,1-3H3,(H2,15,16,17,18,19). The molecule has 0 aliphatic rings. The number of nitrogens with two attached hydrogens (primary N) is 1. The minimum absolute atomic E-state index is 0.311. The summed E-state index contributed by atoms with van der Waals surface area (Å²) in [5, 5.41) is 3.14. The van der Waals surface area contributed by atoms with Crippen LogP contribution in [-0.4, -0.2) is 36.2 Å². The van der Waals surface area contributed by atoms with Gasteiger partial charge < -0.3 is 15.0 Å². The van der Waals surface area contributed by atoms with Crippen LogP contribution in [0.25, 0.3) is 0 Å². The molecule has 2 rings (SSSR count). The van der Waals surface area contributed by atoms with Crippen molar-refractivity contribution in [1.29, 1.82) is 0 Å². The maximum absolute atomic E-state index is 5.36. The Hall–Kier alpha value is -2.61. The Bertz CT molecular complexity index is 586. The number of ether oxygens (including phenoxy) is 1. The molecular weight excluding hydrogens is 270 g/mol. The van der Waals surface area contributed by atoms with Crippen molar-refractivity contribution < 1.29 is 4.74 Å². The molecule has 112 valence electrons. The summed E-state index contributed by atoms with van der Waals surface area (Å²) < 4.78 is 5.12. The molecule has 0 fully saturated rings. The van der Waals surface area contributed by atoms with E-state index in [4.69, 9.17) is 10.6 Å². The highest BCUT2D eigenvalue weighted by Crippen LogP contribution is 2.14. The summed E-state index contributed by atoms with van der Waals surface area (Å²) >= 11 is 0. The molecule has 4 N–H and O–H groups in total. The van der Waals surface area contributed by atoms with Crippen LogP contribution in [0.2, 0.25) is 0 Å². The minimum atomic E-state index is 0.311. The van der Waals surface area contributed by atoms with Crippen molar-refractivity contribution >= 4 is 17.8 Å². The molecule has 8 heteroatoms. The smallest absolute Gasteiger partial charge is 0.243 e. The van der Waals surface area contributed by atoms with E-state index >= 15 is 0 Å². The largest absolute Gasteiger partial charge is 0.497 e. The molecule has 0 amide bonds. The van der Waals surface area contributed by atoms with Crippen molar-refractivity contribution in [2.75, 3.05) is 36.8 Å². The summed E-state index contributed by atoms with van der Waals surface area (Å²) in [4.78, 5) is 14.4. The molecule has 0 atom stereocenters. The van der Waals surface area contributed by atoms with Crippen LogP contribution in [0.4, 0.5) is 17.8 Å². The van der Waals surface area contributed by atoms with Gasteiger partial charge in [0.2, 0.25) is 17.8 Å². The fourth-order valence-electron chi connectivity index (χ4n) is 1.63. The van der Waals surface area contributed by atoms with E-state index < -0.39 is 0 Å². The van der Waals surface area contributed by atoms with E-state index in [-0.39, 0.29) is 0 Å². The number of aromatic nitrogens is 3. The Labute approximate surface area is 123 Å². The second kappa shape index (κ2) is 6.71. The molecule has 0 saturated carbocycles. The van der Waals surface area contributed by atoms with Crippen LogP contribution in [0.15, 0.2) is 24.3 Å². The summed E-state index contributed by atoms with van der Waals surface area (Å²) in [6.45, 7) is 0.588. The molecule has 8 nitrogen and oxygen atoms in total. The summed E-state index contributed by atoms with van der Waals surface area (Å²) in [5.74, 6) is 7.48. The van der Waals surface area contributed by atoms with E-state index in [1.54, 1.807) is 12.0 Å². The lowest BCUT2D eigenvalue weighted by Crippen LogP contribution is -2.19. The number of hydrogen-bond acceptors (Lipinski definition) is 8. The van der Waals surface area contributed by atoms with Crippen LogP contribution in [0.3, 0.4) is 0 Å². The summed E-state index contributed by atoms with van der Waals surface area (Å²) in [5.41, 5.74) is 3.52. The zero-order valence-electron chi connectivity index (χ0n) is 12.3. The maximum Gasteiger partial charge on any atom is 0.243 e. The van der Waals surface area contributed by atoms with Gasteiger partial charge in [0.15, 0.2) is 0 Å². The number of rotatable bonds is 6. The monoisotopic (exact) mass is 289 g/mol. The number of hydrazine groups is 1. The molecule has 21 heavy (non-hydrogen) atoms. The van der Waals surface area contributed by atoms with E-state index in [0.717, 1.165) is 11.3 Å². The van der Waals surface area contributed by atoms with Gasteiger partial charge in [-0.05, 0) is 17.7 Å². The Balaban J connectivity index is 2.09. The summed E-state index contributed by atoms with van der Waals surface area (Å²) in [6, 6.07) is 7.76. The Morgan fingerprint density at radius 1 is 1.10 bits per heavy atom. The third-order valence-electron chi connectivity index (χ3n) is 2.76. The average Bonchev–Trinajstić information content (AvgIpc) is 2.53. The van der Waals surface area contributed by atoms with Crippen molar-refractivity contribution in [3.05, 3.63) is 29.8 Å². The van der Waals surface area contributed by atoms with Crippen LogP contribution in [0.5, 0.6) is 5.75 Å². The molecule has 0 spiro atoms. The zero-order valence-corrected chi connectivity index (χ0v) is 12.3. The molecule has 0 radical (unpaired) electrons. The summed E-state index contributed by atoms with van der Waals surface area (Å²) in [7, 11) is 5.34. The van der Waals surface area contributed by atoms with Crippen LogP contribution in [0.1, 0.15) is 5.56 Å². The lowest BCUT2D eigenvalue weighted by Gasteiger charge is -2.13. The predicted octanol–water partition coefficient (Wildman–Crippen LogP) is 0.844. The van der Waals surface area contributed by atoms with Gasteiger partial charge in [0, 0.05) is 20.6 Å². The number of methoxy groups -OCH3 is 1. The summed E-state index contributed by atoms with van der Waals surface area (Å²) in [6.07, 6.45) is 0. The highest BCUT2D eigenvalue weighted by Gasteiger charge is 2.07. The van der Waals surface area contributed by atoms with Crippen molar-refractivity contribution in [2.45, 2.75) is 6.54 Å². The van der Waals surface area contributed by atoms with Crippen molar-refractivity contribution in [1.82, 2.24) is 15.0 Å². The van der Waals surface area contributed by atoms with Crippen LogP contribution in [0, 0.1) is 0 Å². The molecule has 1 heterocycles. The Morgan fingerprint density at radius 2 is 1.76 bits per heavy atom. The predicted molar refractivity (Wildman–Crippen MR) is 82.3 cm³/mol. The number of benzene rings is 1. The minimum Gasteiger partial charge on any atom is -0.497 e. The first kappa shape index (κ1) is 14.8. The zero-order chi connectivity index (χ0) is 15.2. The molecule has 1 aromatic heterocycles. The van der Waals surface area contributed by atoms with Gasteiger partial charge in [-0.3, -0.25) is 5.43 Å². The third-order valence-corrected chi connectivity index (χ3v) is 2.76. The highest BCUT2D eigenvalue weighted by atomic mass is 16.5. The van der Waals surface area contributed by atoms with Gasteiger partial charge in [0.25, 0.3) is 0 Å². The number of anilines is 3. The van der Waals surface area contributed by atoms with E-state index in [9.17, 15) is 0 Å². The molecular formula is C13H19N7O.